The first-order chi connectivity index (χ1) is 9.47. The molecule has 2 aromatic rings. The number of benzene rings is 1. The Hall–Kier alpha value is -2.70. The summed E-state index contributed by atoms with van der Waals surface area (Å²) in [6.45, 7) is 0.0437. The normalized spacial score (nSPS) is 10.3. The van der Waals surface area contributed by atoms with Gasteiger partial charge in [-0.15, -0.1) is 0 Å². The Labute approximate surface area is 113 Å². The second-order valence-electron chi connectivity index (χ2n) is 4.05. The van der Waals surface area contributed by atoms with Crippen molar-refractivity contribution in [3.05, 3.63) is 53.2 Å². The van der Waals surface area contributed by atoms with Crippen LogP contribution in [-0.4, -0.2) is 16.1 Å². The highest BCUT2D eigenvalue weighted by Crippen LogP contribution is 2.16. The molecule has 0 radical (unpaired) electrons. The van der Waals surface area contributed by atoms with E-state index < -0.39 is 17.6 Å². The standard InChI is InChI=1S/C13H11F2N3O2/c14-8-2-1-7(10(15)3-8)5-17-12-4-9(13(19)20)11(16)6-18-12/h1-4,6H,5,16H2,(H,17,18)(H,19,20). The van der Waals surface area contributed by atoms with Gasteiger partial charge in [-0.2, -0.15) is 0 Å². The molecule has 1 aromatic heterocycles. The van der Waals surface area contributed by atoms with Crippen LogP contribution in [0.3, 0.4) is 0 Å². The van der Waals surface area contributed by atoms with E-state index in [9.17, 15) is 13.6 Å². The van der Waals surface area contributed by atoms with E-state index in [1.807, 2.05) is 0 Å². The molecule has 5 nitrogen and oxygen atoms in total. The lowest BCUT2D eigenvalue weighted by atomic mass is 10.2. The molecular formula is C13H11F2N3O2. The van der Waals surface area contributed by atoms with Crippen LogP contribution in [0.1, 0.15) is 15.9 Å². The lowest BCUT2D eigenvalue weighted by Gasteiger charge is -2.08. The average molecular weight is 279 g/mol. The van der Waals surface area contributed by atoms with E-state index >= 15 is 0 Å². The lowest BCUT2D eigenvalue weighted by Crippen LogP contribution is -2.08. The Kier molecular flexibility index (Phi) is 3.79. The van der Waals surface area contributed by atoms with Crippen molar-refractivity contribution in [1.29, 1.82) is 0 Å². The fraction of sp³-hybridized carbons (Fsp3) is 0.0769. The fourth-order valence-electron chi connectivity index (χ4n) is 1.60. The summed E-state index contributed by atoms with van der Waals surface area (Å²) in [5.41, 5.74) is 5.65. The molecule has 20 heavy (non-hydrogen) atoms. The van der Waals surface area contributed by atoms with Gasteiger partial charge in [-0.05, 0) is 12.1 Å². The molecule has 0 bridgehead atoms. The highest BCUT2D eigenvalue weighted by atomic mass is 19.1. The maximum absolute atomic E-state index is 13.4. The summed E-state index contributed by atoms with van der Waals surface area (Å²) >= 11 is 0. The first-order valence-corrected chi connectivity index (χ1v) is 5.64. The van der Waals surface area contributed by atoms with Crippen LogP contribution >= 0.6 is 0 Å². The monoisotopic (exact) mass is 279 g/mol. The van der Waals surface area contributed by atoms with Crippen LogP contribution in [0.5, 0.6) is 0 Å². The van der Waals surface area contributed by atoms with Gasteiger partial charge < -0.3 is 16.2 Å². The second kappa shape index (κ2) is 5.52. The van der Waals surface area contributed by atoms with Crippen molar-refractivity contribution >= 4 is 17.5 Å². The Morgan fingerprint density at radius 3 is 2.75 bits per heavy atom. The minimum Gasteiger partial charge on any atom is -0.478 e. The smallest absolute Gasteiger partial charge is 0.337 e. The molecule has 1 aromatic carbocycles. The van der Waals surface area contributed by atoms with Gasteiger partial charge in [-0.3, -0.25) is 0 Å². The van der Waals surface area contributed by atoms with E-state index in [2.05, 4.69) is 10.3 Å². The molecule has 1 heterocycles. The van der Waals surface area contributed by atoms with Gasteiger partial charge in [0.05, 0.1) is 17.4 Å². The molecule has 0 saturated heterocycles. The van der Waals surface area contributed by atoms with Crippen molar-refractivity contribution < 1.29 is 18.7 Å². The number of carboxylic acids is 1. The number of nitrogens with two attached hydrogens (primary N) is 1. The van der Waals surface area contributed by atoms with E-state index in [1.165, 1.54) is 18.3 Å². The number of rotatable bonds is 4. The number of aromatic carboxylic acids is 1. The summed E-state index contributed by atoms with van der Waals surface area (Å²) in [6.07, 6.45) is 1.20. The number of hydrogen-bond donors (Lipinski definition) is 3. The fourth-order valence-corrected chi connectivity index (χ4v) is 1.60. The van der Waals surface area contributed by atoms with E-state index in [4.69, 9.17) is 10.8 Å². The molecule has 104 valence electrons. The third-order valence-electron chi connectivity index (χ3n) is 2.64. The number of nitrogens with one attached hydrogen (secondary N) is 1. The van der Waals surface area contributed by atoms with Crippen LogP contribution in [0.15, 0.2) is 30.5 Å². The number of nitrogens with zero attached hydrogens (tertiary/aromatic N) is 1. The molecule has 4 N–H and O–H groups in total. The molecule has 0 aliphatic heterocycles. The van der Waals surface area contributed by atoms with Crippen LogP contribution in [0, 0.1) is 11.6 Å². The average Bonchev–Trinajstić information content (AvgIpc) is 2.39. The molecule has 7 heteroatoms. The summed E-state index contributed by atoms with van der Waals surface area (Å²) in [6, 6.07) is 4.46. The predicted molar refractivity (Wildman–Crippen MR) is 69.3 cm³/mol. The molecule has 0 saturated carbocycles. The number of carboxylic acid groups (broad SMARTS) is 1. The number of aromatic nitrogens is 1. The van der Waals surface area contributed by atoms with Gasteiger partial charge in [-0.25, -0.2) is 18.6 Å². The highest BCUT2D eigenvalue weighted by Gasteiger charge is 2.10. The third kappa shape index (κ3) is 3.00. The summed E-state index contributed by atoms with van der Waals surface area (Å²) in [7, 11) is 0. The first kappa shape index (κ1) is 13.7. The van der Waals surface area contributed by atoms with Crippen molar-refractivity contribution in [1.82, 2.24) is 4.98 Å². The number of pyridine rings is 1. The highest BCUT2D eigenvalue weighted by molar-refractivity contribution is 5.94. The summed E-state index contributed by atoms with van der Waals surface area (Å²) in [5, 5.41) is 11.7. The van der Waals surface area contributed by atoms with Crippen molar-refractivity contribution in [2.75, 3.05) is 11.1 Å². The molecule has 0 unspecified atom stereocenters. The van der Waals surface area contributed by atoms with Gasteiger partial charge in [0.2, 0.25) is 0 Å². The number of nitrogen functional groups attached to an aromatic ring is 1. The minimum absolute atomic E-state index is 0.0380. The van der Waals surface area contributed by atoms with Gasteiger partial charge in [0.25, 0.3) is 0 Å². The zero-order valence-corrected chi connectivity index (χ0v) is 10.2. The van der Waals surface area contributed by atoms with Gasteiger partial charge in [0, 0.05) is 18.2 Å². The molecule has 0 fully saturated rings. The molecular weight excluding hydrogens is 268 g/mol. The molecule has 0 aliphatic rings. The second-order valence-corrected chi connectivity index (χ2v) is 4.05. The van der Waals surface area contributed by atoms with Crippen LogP contribution < -0.4 is 11.1 Å². The topological polar surface area (TPSA) is 88.2 Å². The van der Waals surface area contributed by atoms with Crippen LogP contribution in [-0.2, 0) is 6.54 Å². The van der Waals surface area contributed by atoms with Crippen molar-refractivity contribution in [2.24, 2.45) is 0 Å². The number of carbonyl (C=O) groups is 1. The summed E-state index contributed by atoms with van der Waals surface area (Å²) < 4.78 is 26.2. The van der Waals surface area contributed by atoms with Crippen LogP contribution in [0.2, 0.25) is 0 Å². The molecule has 0 amide bonds. The molecule has 0 aliphatic carbocycles. The summed E-state index contributed by atoms with van der Waals surface area (Å²) in [4.78, 5) is 14.8. The van der Waals surface area contributed by atoms with E-state index in [1.54, 1.807) is 0 Å². The van der Waals surface area contributed by atoms with Gasteiger partial charge in [-0.1, -0.05) is 6.07 Å². The van der Waals surface area contributed by atoms with E-state index in [-0.39, 0.29) is 29.2 Å². The van der Waals surface area contributed by atoms with Gasteiger partial charge >= 0.3 is 5.97 Å². The largest absolute Gasteiger partial charge is 0.478 e. The predicted octanol–water partition coefficient (Wildman–Crippen LogP) is 2.25. The zero-order valence-electron chi connectivity index (χ0n) is 10.2. The maximum atomic E-state index is 13.4. The number of anilines is 2. The van der Waals surface area contributed by atoms with Crippen molar-refractivity contribution in [3.63, 3.8) is 0 Å². The maximum Gasteiger partial charge on any atom is 0.337 e. The molecule has 2 rings (SSSR count). The first-order valence-electron chi connectivity index (χ1n) is 5.64. The molecule has 0 spiro atoms. The number of hydrogen-bond acceptors (Lipinski definition) is 4. The zero-order chi connectivity index (χ0) is 14.7. The van der Waals surface area contributed by atoms with Gasteiger partial charge in [0.1, 0.15) is 17.5 Å². The van der Waals surface area contributed by atoms with E-state index in [0.717, 1.165) is 12.1 Å². The van der Waals surface area contributed by atoms with Crippen LogP contribution in [0.4, 0.5) is 20.3 Å². The van der Waals surface area contributed by atoms with Crippen LogP contribution in [0.25, 0.3) is 0 Å². The number of halogens is 2. The Morgan fingerprint density at radius 1 is 1.35 bits per heavy atom. The quantitative estimate of drug-likeness (QED) is 0.799. The van der Waals surface area contributed by atoms with E-state index in [0.29, 0.717) is 0 Å². The Balaban J connectivity index is 2.15. The third-order valence-corrected chi connectivity index (χ3v) is 2.64. The minimum atomic E-state index is -1.18. The van der Waals surface area contributed by atoms with Gasteiger partial charge in [0.15, 0.2) is 0 Å². The SMILES string of the molecule is Nc1cnc(NCc2ccc(F)cc2F)cc1C(=O)O. The summed E-state index contributed by atoms with van der Waals surface area (Å²) in [5.74, 6) is -2.29. The Morgan fingerprint density at radius 2 is 2.10 bits per heavy atom. The van der Waals surface area contributed by atoms with Crippen molar-refractivity contribution in [3.8, 4) is 0 Å². The van der Waals surface area contributed by atoms with Crippen molar-refractivity contribution in [2.45, 2.75) is 6.54 Å². The Bertz CT molecular complexity index is 662. The lowest BCUT2D eigenvalue weighted by molar-refractivity contribution is 0.0698. The molecule has 0 atom stereocenters.